The van der Waals surface area contributed by atoms with E-state index in [-0.39, 0.29) is 17.1 Å². The van der Waals surface area contributed by atoms with Crippen molar-refractivity contribution in [1.29, 1.82) is 0 Å². The average Bonchev–Trinajstić information content (AvgIpc) is 2.78. The number of aromatic nitrogens is 3. The van der Waals surface area contributed by atoms with E-state index in [1.165, 1.54) is 30.2 Å². The third-order valence-corrected chi connectivity index (χ3v) is 3.66. The first-order valence-electron chi connectivity index (χ1n) is 5.20. The van der Waals surface area contributed by atoms with Crippen LogP contribution < -0.4 is 5.73 Å². The van der Waals surface area contributed by atoms with Crippen molar-refractivity contribution in [2.45, 2.75) is 23.4 Å². The van der Waals surface area contributed by atoms with Crippen molar-refractivity contribution in [3.05, 3.63) is 42.0 Å². The monoisotopic (exact) mass is 252 g/mol. The van der Waals surface area contributed by atoms with Crippen LogP contribution in [0.1, 0.15) is 17.7 Å². The fourth-order valence-corrected chi connectivity index (χ4v) is 2.49. The number of aromatic amines is 1. The summed E-state index contributed by atoms with van der Waals surface area (Å²) in [5.41, 5.74) is 6.78. The van der Waals surface area contributed by atoms with Crippen LogP contribution in [0.3, 0.4) is 0 Å². The average molecular weight is 252 g/mol. The molecule has 0 saturated carbocycles. The predicted molar refractivity (Wildman–Crippen MR) is 65.0 cm³/mol. The maximum atomic E-state index is 13.2. The largest absolute Gasteiger partial charge is 0.327 e. The molecule has 2 atom stereocenters. The second kappa shape index (κ2) is 5.29. The molecule has 1 aromatic heterocycles. The first-order valence-corrected chi connectivity index (χ1v) is 6.08. The highest BCUT2D eigenvalue weighted by atomic mass is 32.2. The van der Waals surface area contributed by atoms with Crippen molar-refractivity contribution < 1.29 is 4.39 Å². The zero-order valence-electron chi connectivity index (χ0n) is 9.30. The Morgan fingerprint density at radius 2 is 2.29 bits per heavy atom. The van der Waals surface area contributed by atoms with Crippen molar-refractivity contribution in [3.63, 3.8) is 0 Å². The first kappa shape index (κ1) is 12.1. The van der Waals surface area contributed by atoms with Crippen LogP contribution in [0.5, 0.6) is 0 Å². The van der Waals surface area contributed by atoms with E-state index in [4.69, 9.17) is 5.73 Å². The molecular weight excluding hydrogens is 239 g/mol. The number of benzene rings is 1. The van der Waals surface area contributed by atoms with Crippen LogP contribution in [0, 0.1) is 5.82 Å². The number of thioether (sulfide) groups is 1. The number of nitrogens with two attached hydrogens (primary N) is 1. The lowest BCUT2D eigenvalue weighted by molar-refractivity contribution is 0.621. The standard InChI is InChI=1S/C11H13FN4S/c1-7(13)10(17-11-14-6-15-16-11)8-3-2-4-9(12)5-8/h2-7,10H,13H2,1H3,(H,14,15,16). The summed E-state index contributed by atoms with van der Waals surface area (Å²) in [6.07, 6.45) is 1.44. The number of hydrogen-bond acceptors (Lipinski definition) is 4. The minimum atomic E-state index is -0.258. The van der Waals surface area contributed by atoms with Gasteiger partial charge < -0.3 is 5.73 Å². The van der Waals surface area contributed by atoms with Gasteiger partial charge in [-0.15, -0.1) is 0 Å². The number of rotatable bonds is 4. The lowest BCUT2D eigenvalue weighted by Crippen LogP contribution is -2.22. The topological polar surface area (TPSA) is 67.6 Å². The third-order valence-electron chi connectivity index (χ3n) is 2.29. The van der Waals surface area contributed by atoms with E-state index >= 15 is 0 Å². The van der Waals surface area contributed by atoms with Crippen LogP contribution in [0.25, 0.3) is 0 Å². The molecule has 0 bridgehead atoms. The molecule has 4 nitrogen and oxygen atoms in total. The van der Waals surface area contributed by atoms with Gasteiger partial charge in [-0.25, -0.2) is 9.37 Å². The number of H-pyrrole nitrogens is 1. The molecule has 2 rings (SSSR count). The van der Waals surface area contributed by atoms with Gasteiger partial charge in [0, 0.05) is 6.04 Å². The van der Waals surface area contributed by atoms with Gasteiger partial charge in [0.15, 0.2) is 5.16 Å². The van der Waals surface area contributed by atoms with Gasteiger partial charge in [-0.05, 0) is 24.6 Å². The second-order valence-electron chi connectivity index (χ2n) is 3.74. The summed E-state index contributed by atoms with van der Waals surface area (Å²) >= 11 is 1.44. The molecule has 0 radical (unpaired) electrons. The molecular formula is C11H13FN4S. The van der Waals surface area contributed by atoms with Crippen molar-refractivity contribution in [2.24, 2.45) is 5.73 Å². The summed E-state index contributed by atoms with van der Waals surface area (Å²) in [6.45, 7) is 1.89. The zero-order chi connectivity index (χ0) is 12.3. The second-order valence-corrected chi connectivity index (χ2v) is 4.87. The highest BCUT2D eigenvalue weighted by Crippen LogP contribution is 2.35. The summed E-state index contributed by atoms with van der Waals surface area (Å²) in [5, 5.41) is 7.15. The molecule has 2 unspecified atom stereocenters. The first-order chi connectivity index (χ1) is 8.16. The van der Waals surface area contributed by atoms with Crippen LogP contribution in [-0.4, -0.2) is 21.2 Å². The molecule has 2 aromatic rings. The number of nitrogens with zero attached hydrogens (tertiary/aromatic N) is 2. The summed E-state index contributed by atoms with van der Waals surface area (Å²) in [6, 6.07) is 6.34. The molecule has 17 heavy (non-hydrogen) atoms. The third kappa shape index (κ3) is 3.04. The normalized spacial score (nSPS) is 14.5. The molecule has 3 N–H and O–H groups in total. The van der Waals surface area contributed by atoms with Gasteiger partial charge in [-0.3, -0.25) is 5.10 Å². The highest BCUT2D eigenvalue weighted by molar-refractivity contribution is 7.99. The Balaban J connectivity index is 2.23. The Bertz CT molecular complexity index is 472. The number of hydrogen-bond donors (Lipinski definition) is 2. The van der Waals surface area contributed by atoms with Gasteiger partial charge in [-0.2, -0.15) is 5.10 Å². The van der Waals surface area contributed by atoms with Gasteiger partial charge in [0.1, 0.15) is 12.1 Å². The van der Waals surface area contributed by atoms with Gasteiger partial charge >= 0.3 is 0 Å². The molecule has 0 spiro atoms. The summed E-state index contributed by atoms with van der Waals surface area (Å²) in [5.74, 6) is -0.258. The molecule has 0 aliphatic rings. The van der Waals surface area contributed by atoms with E-state index in [2.05, 4.69) is 15.2 Å². The Morgan fingerprint density at radius 3 is 2.88 bits per heavy atom. The van der Waals surface area contributed by atoms with E-state index in [0.29, 0.717) is 5.16 Å². The van der Waals surface area contributed by atoms with Crippen LogP contribution in [0.2, 0.25) is 0 Å². The smallest absolute Gasteiger partial charge is 0.184 e. The lowest BCUT2D eigenvalue weighted by atomic mass is 10.1. The quantitative estimate of drug-likeness (QED) is 0.818. The van der Waals surface area contributed by atoms with E-state index in [9.17, 15) is 4.39 Å². The van der Waals surface area contributed by atoms with E-state index < -0.39 is 0 Å². The molecule has 0 amide bonds. The van der Waals surface area contributed by atoms with Gasteiger partial charge in [-0.1, -0.05) is 23.9 Å². The Morgan fingerprint density at radius 1 is 1.47 bits per heavy atom. The van der Waals surface area contributed by atoms with Crippen molar-refractivity contribution in [1.82, 2.24) is 15.2 Å². The maximum absolute atomic E-state index is 13.2. The minimum Gasteiger partial charge on any atom is -0.327 e. The molecule has 1 aromatic carbocycles. The highest BCUT2D eigenvalue weighted by Gasteiger charge is 2.19. The van der Waals surface area contributed by atoms with E-state index in [1.54, 1.807) is 6.07 Å². The number of nitrogens with one attached hydrogen (secondary N) is 1. The summed E-state index contributed by atoms with van der Waals surface area (Å²) in [7, 11) is 0. The molecule has 0 aliphatic heterocycles. The van der Waals surface area contributed by atoms with Crippen molar-refractivity contribution >= 4 is 11.8 Å². The Hall–Kier alpha value is -1.40. The van der Waals surface area contributed by atoms with Crippen molar-refractivity contribution in [3.8, 4) is 0 Å². The molecule has 0 aliphatic carbocycles. The predicted octanol–water partition coefficient (Wildman–Crippen LogP) is 2.12. The van der Waals surface area contributed by atoms with Crippen LogP contribution in [0.15, 0.2) is 35.7 Å². The van der Waals surface area contributed by atoms with Gasteiger partial charge in [0.05, 0.1) is 5.25 Å². The van der Waals surface area contributed by atoms with Gasteiger partial charge in [0.2, 0.25) is 0 Å². The van der Waals surface area contributed by atoms with Crippen LogP contribution in [0.4, 0.5) is 4.39 Å². The summed E-state index contributed by atoms with van der Waals surface area (Å²) in [4.78, 5) is 4.03. The van der Waals surface area contributed by atoms with Crippen molar-refractivity contribution in [2.75, 3.05) is 0 Å². The fraction of sp³-hybridized carbons (Fsp3) is 0.273. The summed E-state index contributed by atoms with van der Waals surface area (Å²) < 4.78 is 13.2. The lowest BCUT2D eigenvalue weighted by Gasteiger charge is -2.19. The number of halogens is 1. The molecule has 90 valence electrons. The van der Waals surface area contributed by atoms with E-state index in [1.807, 2.05) is 13.0 Å². The SMILES string of the molecule is CC(N)C(Sc1ncn[nH]1)c1cccc(F)c1. The Kier molecular flexibility index (Phi) is 3.75. The molecule has 1 heterocycles. The maximum Gasteiger partial charge on any atom is 0.184 e. The molecule has 0 saturated heterocycles. The molecule has 0 fully saturated rings. The van der Waals surface area contributed by atoms with E-state index in [0.717, 1.165) is 5.56 Å². The Labute approximate surface area is 103 Å². The van der Waals surface area contributed by atoms with Crippen LogP contribution in [-0.2, 0) is 0 Å². The zero-order valence-corrected chi connectivity index (χ0v) is 10.1. The fourth-order valence-electron chi connectivity index (χ4n) is 1.53. The van der Waals surface area contributed by atoms with Crippen LogP contribution >= 0.6 is 11.8 Å². The minimum absolute atomic E-state index is 0.0568. The molecule has 6 heteroatoms. The van der Waals surface area contributed by atoms with Gasteiger partial charge in [0.25, 0.3) is 0 Å².